The Bertz CT molecular complexity index is 1240. The first-order valence-corrected chi connectivity index (χ1v) is 11.8. The van der Waals surface area contributed by atoms with Gasteiger partial charge in [0.05, 0.1) is 30.4 Å². The van der Waals surface area contributed by atoms with Crippen LogP contribution in [0.4, 0.5) is 5.69 Å². The molecule has 0 amide bonds. The van der Waals surface area contributed by atoms with Crippen LogP contribution >= 0.6 is 0 Å². The molecule has 0 fully saturated rings. The number of nitrogens with zero attached hydrogens (tertiary/aromatic N) is 1. The van der Waals surface area contributed by atoms with Crippen molar-refractivity contribution >= 4 is 21.7 Å². The Morgan fingerprint density at radius 3 is 2.44 bits per heavy atom. The van der Waals surface area contributed by atoms with Crippen molar-refractivity contribution in [3.63, 3.8) is 0 Å². The van der Waals surface area contributed by atoms with E-state index in [0.717, 1.165) is 28.8 Å². The Kier molecular flexibility index (Phi) is 6.19. The number of para-hydroxylation sites is 1. The molecule has 1 aliphatic rings. The summed E-state index contributed by atoms with van der Waals surface area (Å²) >= 11 is 0. The first-order valence-electron chi connectivity index (χ1n) is 10.4. The van der Waals surface area contributed by atoms with E-state index in [2.05, 4.69) is 0 Å². The van der Waals surface area contributed by atoms with Crippen molar-refractivity contribution in [1.29, 1.82) is 0 Å². The number of esters is 1. The summed E-state index contributed by atoms with van der Waals surface area (Å²) in [6.07, 6.45) is 2.09. The summed E-state index contributed by atoms with van der Waals surface area (Å²) in [5.41, 5.74) is 4.38. The molecular formula is C25H25NO5S. The largest absolute Gasteiger partial charge is 0.497 e. The van der Waals surface area contributed by atoms with Crippen molar-refractivity contribution in [2.75, 3.05) is 25.1 Å². The second-order valence-electron chi connectivity index (χ2n) is 7.62. The third-order valence-corrected chi connectivity index (χ3v) is 7.52. The third kappa shape index (κ3) is 4.21. The van der Waals surface area contributed by atoms with Gasteiger partial charge in [0.2, 0.25) is 0 Å². The standard InChI is InChI=1S/C25H25NO5S/c1-30-22-7-4-8-23(17-22)32(28,29)26-16-15-20-6-3-5-19(24(20)26)12-9-18-10-13-21(14-11-18)25(27)31-2/h3-8,10-11,13-14,17H,9,12,15-16H2,1-2H3. The lowest BCUT2D eigenvalue weighted by molar-refractivity contribution is 0.0600. The number of anilines is 1. The van der Waals surface area contributed by atoms with E-state index >= 15 is 0 Å². The van der Waals surface area contributed by atoms with E-state index in [1.165, 1.54) is 18.5 Å². The van der Waals surface area contributed by atoms with E-state index in [1.807, 2.05) is 30.3 Å². The van der Waals surface area contributed by atoms with Gasteiger partial charge >= 0.3 is 5.97 Å². The topological polar surface area (TPSA) is 72.9 Å². The molecule has 0 atom stereocenters. The normalized spacial score (nSPS) is 13.0. The number of fused-ring (bicyclic) bond motifs is 1. The second-order valence-corrected chi connectivity index (χ2v) is 9.48. The van der Waals surface area contributed by atoms with Crippen LogP contribution in [0, 0.1) is 0 Å². The molecule has 3 aromatic carbocycles. The van der Waals surface area contributed by atoms with Crippen molar-refractivity contribution < 1.29 is 22.7 Å². The van der Waals surface area contributed by atoms with Crippen LogP contribution in [0.15, 0.2) is 71.6 Å². The molecule has 166 valence electrons. The number of carbonyl (C=O) groups excluding carboxylic acids is 1. The molecule has 0 radical (unpaired) electrons. The molecule has 0 saturated heterocycles. The van der Waals surface area contributed by atoms with Gasteiger partial charge in [0.1, 0.15) is 5.75 Å². The number of rotatable bonds is 7. The van der Waals surface area contributed by atoms with E-state index in [4.69, 9.17) is 9.47 Å². The SMILES string of the molecule is COC(=O)c1ccc(CCc2cccc3c2N(S(=O)(=O)c2cccc(OC)c2)CC3)cc1. The molecule has 0 N–H and O–H groups in total. The highest BCUT2D eigenvalue weighted by molar-refractivity contribution is 7.92. The fourth-order valence-electron chi connectivity index (χ4n) is 4.04. The zero-order chi connectivity index (χ0) is 22.7. The molecular weight excluding hydrogens is 426 g/mol. The Labute approximate surface area is 188 Å². The maximum Gasteiger partial charge on any atom is 0.337 e. The van der Waals surface area contributed by atoms with Crippen LogP contribution in [-0.4, -0.2) is 35.2 Å². The van der Waals surface area contributed by atoms with Crippen LogP contribution in [-0.2, 0) is 34.0 Å². The highest BCUT2D eigenvalue weighted by Crippen LogP contribution is 2.37. The first kappa shape index (κ1) is 21.9. The lowest BCUT2D eigenvalue weighted by Gasteiger charge is -2.22. The van der Waals surface area contributed by atoms with E-state index in [1.54, 1.807) is 36.4 Å². The van der Waals surface area contributed by atoms with Crippen LogP contribution in [0.1, 0.15) is 27.0 Å². The summed E-state index contributed by atoms with van der Waals surface area (Å²) in [7, 11) is -0.827. The molecule has 6 nitrogen and oxygen atoms in total. The minimum atomic E-state index is -3.71. The molecule has 0 aliphatic carbocycles. The molecule has 4 rings (SSSR count). The lowest BCUT2D eigenvalue weighted by Crippen LogP contribution is -2.30. The zero-order valence-corrected chi connectivity index (χ0v) is 18.9. The summed E-state index contributed by atoms with van der Waals surface area (Å²) in [5.74, 6) is 0.144. The van der Waals surface area contributed by atoms with Crippen LogP contribution in [0.2, 0.25) is 0 Å². The summed E-state index contributed by atoms with van der Waals surface area (Å²) in [4.78, 5) is 11.8. The minimum Gasteiger partial charge on any atom is -0.497 e. The summed E-state index contributed by atoms with van der Waals surface area (Å²) in [6.45, 7) is 0.416. The highest BCUT2D eigenvalue weighted by atomic mass is 32.2. The predicted molar refractivity (Wildman–Crippen MR) is 123 cm³/mol. The lowest BCUT2D eigenvalue weighted by atomic mass is 10.00. The number of hydrogen-bond acceptors (Lipinski definition) is 5. The smallest absolute Gasteiger partial charge is 0.337 e. The van der Waals surface area contributed by atoms with Gasteiger partial charge in [-0.2, -0.15) is 0 Å². The van der Waals surface area contributed by atoms with Gasteiger partial charge in [-0.15, -0.1) is 0 Å². The van der Waals surface area contributed by atoms with Crippen LogP contribution in [0.5, 0.6) is 5.75 Å². The van der Waals surface area contributed by atoms with E-state index in [0.29, 0.717) is 30.7 Å². The average Bonchev–Trinajstić information content (AvgIpc) is 3.28. The number of carbonyl (C=O) groups is 1. The monoisotopic (exact) mass is 451 g/mol. The van der Waals surface area contributed by atoms with Crippen LogP contribution in [0.3, 0.4) is 0 Å². The number of benzene rings is 3. The van der Waals surface area contributed by atoms with Crippen LogP contribution < -0.4 is 9.04 Å². The van der Waals surface area contributed by atoms with Crippen molar-refractivity contribution in [3.05, 3.63) is 89.0 Å². The summed E-state index contributed by atoms with van der Waals surface area (Å²) in [6, 6.07) is 19.8. The van der Waals surface area contributed by atoms with Gasteiger partial charge in [-0.1, -0.05) is 36.4 Å². The maximum atomic E-state index is 13.4. The minimum absolute atomic E-state index is 0.220. The molecule has 32 heavy (non-hydrogen) atoms. The molecule has 1 aliphatic heterocycles. The maximum absolute atomic E-state index is 13.4. The number of methoxy groups -OCH3 is 2. The third-order valence-electron chi connectivity index (χ3n) is 5.72. The van der Waals surface area contributed by atoms with E-state index in [-0.39, 0.29) is 10.9 Å². The Morgan fingerprint density at radius 2 is 1.72 bits per heavy atom. The highest BCUT2D eigenvalue weighted by Gasteiger charge is 2.32. The molecule has 1 heterocycles. The molecule has 0 saturated carbocycles. The van der Waals surface area contributed by atoms with Crippen molar-refractivity contribution in [2.24, 2.45) is 0 Å². The Balaban J connectivity index is 1.60. The number of ether oxygens (including phenoxy) is 2. The van der Waals surface area contributed by atoms with Gasteiger partial charge in [-0.05, 0) is 60.2 Å². The molecule has 7 heteroatoms. The first-order chi connectivity index (χ1) is 15.4. The summed E-state index contributed by atoms with van der Waals surface area (Å²) < 4.78 is 38.4. The van der Waals surface area contributed by atoms with E-state index < -0.39 is 10.0 Å². The molecule has 0 aromatic heterocycles. The Morgan fingerprint density at radius 1 is 0.969 bits per heavy atom. The second kappa shape index (κ2) is 9.04. The molecule has 0 unspecified atom stereocenters. The van der Waals surface area contributed by atoms with Gasteiger partial charge < -0.3 is 9.47 Å². The predicted octanol–water partition coefficient (Wildman–Crippen LogP) is 4.02. The fourth-order valence-corrected chi connectivity index (χ4v) is 5.61. The van der Waals surface area contributed by atoms with Gasteiger partial charge in [-0.3, -0.25) is 4.31 Å². The number of aryl methyl sites for hydroxylation is 2. The van der Waals surface area contributed by atoms with Gasteiger partial charge in [0, 0.05) is 12.6 Å². The Hall–Kier alpha value is -3.32. The van der Waals surface area contributed by atoms with Gasteiger partial charge in [0.15, 0.2) is 0 Å². The molecule has 0 spiro atoms. The fraction of sp³-hybridized carbons (Fsp3) is 0.240. The van der Waals surface area contributed by atoms with Crippen LogP contribution in [0.25, 0.3) is 0 Å². The van der Waals surface area contributed by atoms with Crippen molar-refractivity contribution in [3.8, 4) is 5.75 Å². The van der Waals surface area contributed by atoms with Gasteiger partial charge in [0.25, 0.3) is 10.0 Å². The van der Waals surface area contributed by atoms with Crippen molar-refractivity contribution in [2.45, 2.75) is 24.2 Å². The number of hydrogen-bond donors (Lipinski definition) is 0. The quantitative estimate of drug-likeness (QED) is 0.508. The van der Waals surface area contributed by atoms with Crippen molar-refractivity contribution in [1.82, 2.24) is 0 Å². The zero-order valence-electron chi connectivity index (χ0n) is 18.1. The van der Waals surface area contributed by atoms with Gasteiger partial charge in [-0.25, -0.2) is 13.2 Å². The summed E-state index contributed by atoms with van der Waals surface area (Å²) in [5, 5.41) is 0. The number of sulfonamides is 1. The molecule has 3 aromatic rings. The van der Waals surface area contributed by atoms with E-state index in [9.17, 15) is 13.2 Å². The average molecular weight is 452 g/mol. The molecule has 0 bridgehead atoms.